The lowest BCUT2D eigenvalue weighted by Gasteiger charge is -2.33. The lowest BCUT2D eigenvalue weighted by molar-refractivity contribution is 0.0199. The van der Waals surface area contributed by atoms with Crippen molar-refractivity contribution < 1.29 is 27.5 Å². The number of methoxy groups -OCH3 is 1. The molecular formula is C24H37N3O6S. The number of nitrogens with one attached hydrogen (secondary N) is 1. The number of piperidine rings is 1. The first kappa shape index (κ1) is 26.3. The van der Waals surface area contributed by atoms with Crippen LogP contribution in [0, 0.1) is 0 Å². The summed E-state index contributed by atoms with van der Waals surface area (Å²) < 4.78 is 38.7. The van der Waals surface area contributed by atoms with Crippen LogP contribution in [0.15, 0.2) is 23.1 Å². The van der Waals surface area contributed by atoms with Crippen molar-refractivity contribution in [3.8, 4) is 5.75 Å². The van der Waals surface area contributed by atoms with Crippen molar-refractivity contribution in [1.29, 1.82) is 0 Å². The van der Waals surface area contributed by atoms with Crippen molar-refractivity contribution in [1.82, 2.24) is 14.5 Å². The van der Waals surface area contributed by atoms with Crippen LogP contribution in [0.5, 0.6) is 5.75 Å². The predicted octanol–water partition coefficient (Wildman–Crippen LogP) is 3.39. The van der Waals surface area contributed by atoms with Gasteiger partial charge in [-0.15, -0.1) is 0 Å². The van der Waals surface area contributed by atoms with Crippen molar-refractivity contribution in [3.05, 3.63) is 23.8 Å². The van der Waals surface area contributed by atoms with Gasteiger partial charge in [0.25, 0.3) is 5.91 Å². The number of hydrogen-bond donors (Lipinski definition) is 1. The Hall–Kier alpha value is -2.33. The Balaban J connectivity index is 1.68. The molecule has 0 spiro atoms. The number of amides is 2. The van der Waals surface area contributed by atoms with Crippen LogP contribution in [0.3, 0.4) is 0 Å². The van der Waals surface area contributed by atoms with Crippen LogP contribution in [-0.2, 0) is 14.8 Å². The number of hydrogen-bond acceptors (Lipinski definition) is 6. The molecule has 2 heterocycles. The Morgan fingerprint density at radius 3 is 2.18 bits per heavy atom. The van der Waals surface area contributed by atoms with Crippen LogP contribution in [0.25, 0.3) is 0 Å². The van der Waals surface area contributed by atoms with Gasteiger partial charge in [-0.1, -0.05) is 12.8 Å². The highest BCUT2D eigenvalue weighted by Gasteiger charge is 2.30. The minimum Gasteiger partial charge on any atom is -0.496 e. The van der Waals surface area contributed by atoms with Crippen molar-refractivity contribution in [2.75, 3.05) is 33.3 Å². The van der Waals surface area contributed by atoms with Crippen molar-refractivity contribution in [2.24, 2.45) is 0 Å². The molecule has 0 saturated carbocycles. The molecule has 0 aromatic heterocycles. The number of likely N-dealkylation sites (tertiary alicyclic amines) is 1. The highest BCUT2D eigenvalue weighted by atomic mass is 32.2. The van der Waals surface area contributed by atoms with Crippen LogP contribution >= 0.6 is 0 Å². The fourth-order valence-electron chi connectivity index (χ4n) is 4.25. The molecule has 1 aromatic carbocycles. The Morgan fingerprint density at radius 1 is 1.00 bits per heavy atom. The minimum atomic E-state index is -3.69. The van der Waals surface area contributed by atoms with Gasteiger partial charge in [-0.2, -0.15) is 4.31 Å². The van der Waals surface area contributed by atoms with Gasteiger partial charge in [0.15, 0.2) is 0 Å². The molecule has 1 aromatic rings. The maximum atomic E-state index is 13.2. The first-order valence-electron chi connectivity index (χ1n) is 12.0. The third kappa shape index (κ3) is 6.63. The molecule has 190 valence electrons. The summed E-state index contributed by atoms with van der Waals surface area (Å²) in [6.07, 6.45) is 4.53. The zero-order valence-corrected chi connectivity index (χ0v) is 21.4. The second-order valence-electron chi connectivity index (χ2n) is 9.90. The SMILES string of the molecule is COc1ccc(S(=O)(=O)N2CCCCCC2)cc1C(=O)NC1CCN(C(=O)OC(C)(C)C)CC1. The summed E-state index contributed by atoms with van der Waals surface area (Å²) >= 11 is 0. The summed E-state index contributed by atoms with van der Waals surface area (Å²) in [6.45, 7) is 7.41. The Bertz CT molecular complexity index is 973. The zero-order chi connectivity index (χ0) is 24.9. The molecule has 0 bridgehead atoms. The van der Waals surface area contributed by atoms with E-state index in [0.717, 1.165) is 25.7 Å². The fraction of sp³-hybridized carbons (Fsp3) is 0.667. The number of benzene rings is 1. The van der Waals surface area contributed by atoms with Crippen LogP contribution in [0.4, 0.5) is 4.79 Å². The van der Waals surface area contributed by atoms with E-state index < -0.39 is 15.6 Å². The molecule has 3 rings (SSSR count). The molecule has 2 saturated heterocycles. The second-order valence-corrected chi connectivity index (χ2v) is 11.8. The van der Waals surface area contributed by atoms with E-state index in [0.29, 0.717) is 44.8 Å². The summed E-state index contributed by atoms with van der Waals surface area (Å²) in [7, 11) is -2.24. The highest BCUT2D eigenvalue weighted by Crippen LogP contribution is 2.27. The number of carbonyl (C=O) groups is 2. The van der Waals surface area contributed by atoms with Crippen molar-refractivity contribution in [2.45, 2.75) is 75.8 Å². The Kier molecular flexibility index (Phi) is 8.46. The van der Waals surface area contributed by atoms with E-state index in [2.05, 4.69) is 5.32 Å². The van der Waals surface area contributed by atoms with Gasteiger partial charge in [0.2, 0.25) is 10.0 Å². The van der Waals surface area contributed by atoms with E-state index in [9.17, 15) is 18.0 Å². The summed E-state index contributed by atoms with van der Waals surface area (Å²) in [5.41, 5.74) is -0.370. The first-order chi connectivity index (χ1) is 16.0. The largest absolute Gasteiger partial charge is 0.496 e. The fourth-order valence-corrected chi connectivity index (χ4v) is 5.80. The summed E-state index contributed by atoms with van der Waals surface area (Å²) in [5.74, 6) is -0.0704. The van der Waals surface area contributed by atoms with Crippen LogP contribution < -0.4 is 10.1 Å². The molecule has 0 atom stereocenters. The van der Waals surface area contributed by atoms with Gasteiger partial charge in [-0.05, 0) is 64.7 Å². The van der Waals surface area contributed by atoms with E-state index >= 15 is 0 Å². The summed E-state index contributed by atoms with van der Waals surface area (Å²) in [5, 5.41) is 2.98. The van der Waals surface area contributed by atoms with Gasteiger partial charge in [-0.25, -0.2) is 13.2 Å². The monoisotopic (exact) mass is 495 g/mol. The van der Waals surface area contributed by atoms with E-state index in [4.69, 9.17) is 9.47 Å². The molecule has 2 amide bonds. The molecule has 34 heavy (non-hydrogen) atoms. The molecule has 2 fully saturated rings. The Morgan fingerprint density at radius 2 is 1.62 bits per heavy atom. The van der Waals surface area contributed by atoms with E-state index in [1.807, 2.05) is 20.8 Å². The average molecular weight is 496 g/mol. The van der Waals surface area contributed by atoms with Crippen LogP contribution in [-0.4, -0.2) is 74.6 Å². The molecule has 2 aliphatic heterocycles. The van der Waals surface area contributed by atoms with Crippen LogP contribution in [0.2, 0.25) is 0 Å². The number of nitrogens with zero attached hydrogens (tertiary/aromatic N) is 2. The predicted molar refractivity (Wildman–Crippen MR) is 129 cm³/mol. The minimum absolute atomic E-state index is 0.0973. The van der Waals surface area contributed by atoms with Gasteiger partial charge < -0.3 is 19.7 Å². The molecule has 10 heteroatoms. The number of sulfonamides is 1. The number of rotatable bonds is 5. The molecular weight excluding hydrogens is 458 g/mol. The first-order valence-corrected chi connectivity index (χ1v) is 13.4. The molecule has 1 N–H and O–H groups in total. The van der Waals surface area contributed by atoms with Gasteiger partial charge in [0.1, 0.15) is 11.4 Å². The van der Waals surface area contributed by atoms with Crippen LogP contribution in [0.1, 0.15) is 69.7 Å². The average Bonchev–Trinajstić information content (AvgIpc) is 3.08. The topological polar surface area (TPSA) is 105 Å². The third-order valence-corrected chi connectivity index (χ3v) is 7.99. The van der Waals surface area contributed by atoms with Gasteiger partial charge in [-0.3, -0.25) is 4.79 Å². The maximum Gasteiger partial charge on any atom is 0.410 e. The van der Waals surface area contributed by atoms with E-state index in [1.54, 1.807) is 4.90 Å². The molecule has 0 aliphatic carbocycles. The normalized spacial score (nSPS) is 18.8. The highest BCUT2D eigenvalue weighted by molar-refractivity contribution is 7.89. The number of carbonyl (C=O) groups excluding carboxylic acids is 2. The Labute approximate surface area is 202 Å². The van der Waals surface area contributed by atoms with Gasteiger partial charge in [0, 0.05) is 32.2 Å². The van der Waals surface area contributed by atoms with Gasteiger partial charge >= 0.3 is 6.09 Å². The quantitative estimate of drug-likeness (QED) is 0.671. The summed E-state index contributed by atoms with van der Waals surface area (Å²) in [6, 6.07) is 4.30. The molecule has 0 radical (unpaired) electrons. The lowest BCUT2D eigenvalue weighted by Crippen LogP contribution is -2.47. The molecule has 0 unspecified atom stereocenters. The van der Waals surface area contributed by atoms with E-state index in [-0.39, 0.29) is 28.5 Å². The van der Waals surface area contributed by atoms with Crippen molar-refractivity contribution in [3.63, 3.8) is 0 Å². The smallest absolute Gasteiger partial charge is 0.410 e. The zero-order valence-electron chi connectivity index (χ0n) is 20.6. The van der Waals surface area contributed by atoms with Gasteiger partial charge in [0.05, 0.1) is 17.6 Å². The maximum absolute atomic E-state index is 13.2. The molecule has 2 aliphatic rings. The second kappa shape index (κ2) is 10.9. The molecule has 9 nitrogen and oxygen atoms in total. The standard InChI is InChI=1S/C24H37N3O6S/c1-24(2,3)33-23(29)26-15-11-18(12-16-26)25-22(28)20-17-19(9-10-21(20)32-4)34(30,31)27-13-7-5-6-8-14-27/h9-10,17-18H,5-8,11-16H2,1-4H3,(H,25,28). The van der Waals surface area contributed by atoms with Crippen molar-refractivity contribution >= 4 is 22.0 Å². The third-order valence-electron chi connectivity index (χ3n) is 6.10. The summed E-state index contributed by atoms with van der Waals surface area (Å²) in [4.78, 5) is 27.1. The number of ether oxygens (including phenoxy) is 2. The van der Waals surface area contributed by atoms with E-state index in [1.165, 1.54) is 29.6 Å². The lowest BCUT2D eigenvalue weighted by atomic mass is 10.0.